The van der Waals surface area contributed by atoms with Crippen LogP contribution in [0.4, 0.5) is 5.69 Å². The fourth-order valence-corrected chi connectivity index (χ4v) is 5.58. The number of sulfone groups is 1. The first kappa shape index (κ1) is 18.9. The number of hydrogen-bond acceptors (Lipinski definition) is 5. The highest BCUT2D eigenvalue weighted by Crippen LogP contribution is 2.20. The Labute approximate surface area is 143 Å². The van der Waals surface area contributed by atoms with E-state index in [-0.39, 0.29) is 17.9 Å². The molecular weight excluding hydrogens is 352 g/mol. The van der Waals surface area contributed by atoms with Crippen molar-refractivity contribution < 1.29 is 21.6 Å². The Hall–Kier alpha value is -1.45. The first-order valence-corrected chi connectivity index (χ1v) is 11.2. The van der Waals surface area contributed by atoms with E-state index in [1.54, 1.807) is 12.1 Å². The van der Waals surface area contributed by atoms with Crippen molar-refractivity contribution >= 4 is 31.5 Å². The van der Waals surface area contributed by atoms with Crippen molar-refractivity contribution in [3.05, 3.63) is 29.3 Å². The Kier molecular flexibility index (Phi) is 5.36. The lowest BCUT2D eigenvalue weighted by Crippen LogP contribution is -2.44. The van der Waals surface area contributed by atoms with E-state index in [9.17, 15) is 21.6 Å². The summed E-state index contributed by atoms with van der Waals surface area (Å²) in [5.74, 6) is -0.785. The van der Waals surface area contributed by atoms with Crippen LogP contribution in [0.1, 0.15) is 17.5 Å². The lowest BCUT2D eigenvalue weighted by molar-refractivity contribution is -0.116. The lowest BCUT2D eigenvalue weighted by atomic mass is 10.1. The highest BCUT2D eigenvalue weighted by atomic mass is 32.2. The molecule has 9 heteroatoms. The fraction of sp³-hybridized carbons (Fsp3) is 0.533. The second-order valence-electron chi connectivity index (χ2n) is 6.21. The van der Waals surface area contributed by atoms with Gasteiger partial charge in [-0.1, -0.05) is 6.07 Å². The topological polar surface area (TPSA) is 101 Å². The summed E-state index contributed by atoms with van der Waals surface area (Å²) in [4.78, 5) is 12.2. The highest BCUT2D eigenvalue weighted by Gasteiger charge is 2.37. The van der Waals surface area contributed by atoms with Crippen LogP contribution in [-0.2, 0) is 24.7 Å². The normalized spacial score (nSPS) is 20.2. The third-order valence-corrected chi connectivity index (χ3v) is 7.16. The number of nitrogens with zero attached hydrogens (tertiary/aromatic N) is 1. The van der Waals surface area contributed by atoms with Gasteiger partial charge in [-0.3, -0.25) is 4.79 Å². The van der Waals surface area contributed by atoms with Gasteiger partial charge in [-0.25, -0.2) is 16.8 Å². The fourth-order valence-electron chi connectivity index (χ4n) is 2.68. The molecule has 1 aliphatic rings. The van der Waals surface area contributed by atoms with E-state index in [4.69, 9.17) is 0 Å². The quantitative estimate of drug-likeness (QED) is 0.817. The number of carbonyl (C=O) groups excluding carboxylic acids is 1. The first-order chi connectivity index (χ1) is 11.0. The van der Waals surface area contributed by atoms with E-state index in [1.165, 1.54) is 0 Å². The predicted octanol–water partition coefficient (Wildman–Crippen LogP) is 0.691. The van der Waals surface area contributed by atoms with E-state index in [0.717, 1.165) is 21.7 Å². The third-order valence-electron chi connectivity index (χ3n) is 4.13. The lowest BCUT2D eigenvalue weighted by Gasteiger charge is -2.25. The molecule has 1 aromatic rings. The molecule has 1 N–H and O–H groups in total. The second kappa shape index (κ2) is 6.81. The minimum atomic E-state index is -3.69. The Morgan fingerprint density at radius 2 is 1.96 bits per heavy atom. The maximum Gasteiger partial charge on any atom is 0.239 e. The van der Waals surface area contributed by atoms with E-state index in [0.29, 0.717) is 5.69 Å². The number of carbonyl (C=O) groups is 1. The summed E-state index contributed by atoms with van der Waals surface area (Å²) in [6.45, 7) is 3.47. The van der Waals surface area contributed by atoms with E-state index in [2.05, 4.69) is 5.32 Å². The molecule has 24 heavy (non-hydrogen) atoms. The Bertz CT molecular complexity index is 847. The highest BCUT2D eigenvalue weighted by molar-refractivity contribution is 7.92. The van der Waals surface area contributed by atoms with Crippen LogP contribution in [-0.4, -0.2) is 57.4 Å². The maximum atomic E-state index is 12.2. The molecule has 0 saturated carbocycles. The summed E-state index contributed by atoms with van der Waals surface area (Å²) in [6, 6.07) is 4.72. The van der Waals surface area contributed by atoms with Crippen molar-refractivity contribution in [1.29, 1.82) is 0 Å². The van der Waals surface area contributed by atoms with Gasteiger partial charge in [0.15, 0.2) is 9.84 Å². The number of nitrogens with one attached hydrogen (secondary N) is 1. The zero-order valence-electron chi connectivity index (χ0n) is 13.9. The van der Waals surface area contributed by atoms with Gasteiger partial charge in [0.25, 0.3) is 0 Å². The molecule has 0 spiro atoms. The SMILES string of the molecule is Cc1ccc(NC(=O)CN(C2CCS(=O)(=O)C2)S(C)(=O)=O)cc1C. The van der Waals surface area contributed by atoms with Gasteiger partial charge in [-0.2, -0.15) is 4.31 Å². The molecule has 7 nitrogen and oxygen atoms in total. The molecule has 2 rings (SSSR count). The van der Waals surface area contributed by atoms with Crippen LogP contribution < -0.4 is 5.32 Å². The number of amides is 1. The van der Waals surface area contributed by atoms with Gasteiger partial charge in [0, 0.05) is 11.7 Å². The van der Waals surface area contributed by atoms with Crippen molar-refractivity contribution in [3.63, 3.8) is 0 Å². The molecule has 1 aromatic carbocycles. The Balaban J connectivity index is 2.12. The average Bonchev–Trinajstić information content (AvgIpc) is 2.79. The molecule has 0 aliphatic carbocycles. The van der Waals surface area contributed by atoms with Crippen LogP contribution in [0.2, 0.25) is 0 Å². The maximum absolute atomic E-state index is 12.2. The van der Waals surface area contributed by atoms with E-state index < -0.39 is 38.4 Å². The van der Waals surface area contributed by atoms with Crippen LogP contribution in [0.25, 0.3) is 0 Å². The monoisotopic (exact) mass is 374 g/mol. The number of benzene rings is 1. The summed E-state index contributed by atoms with van der Waals surface area (Å²) in [6.07, 6.45) is 1.20. The van der Waals surface area contributed by atoms with Crippen molar-refractivity contribution in [2.45, 2.75) is 26.3 Å². The van der Waals surface area contributed by atoms with Crippen LogP contribution >= 0.6 is 0 Å². The Morgan fingerprint density at radius 1 is 1.29 bits per heavy atom. The second-order valence-corrected chi connectivity index (χ2v) is 10.4. The molecule has 1 unspecified atom stereocenters. The number of anilines is 1. The molecule has 1 heterocycles. The van der Waals surface area contributed by atoms with Crippen LogP contribution in [0.5, 0.6) is 0 Å². The third kappa shape index (κ3) is 4.78. The van der Waals surface area contributed by atoms with Crippen LogP contribution in [0, 0.1) is 13.8 Å². The molecular formula is C15H22N2O5S2. The van der Waals surface area contributed by atoms with Crippen molar-refractivity contribution in [3.8, 4) is 0 Å². The number of sulfonamides is 1. The molecule has 0 radical (unpaired) electrons. The van der Waals surface area contributed by atoms with Gasteiger partial charge in [0.2, 0.25) is 15.9 Å². The largest absolute Gasteiger partial charge is 0.325 e. The standard InChI is InChI=1S/C15H22N2O5S2/c1-11-4-5-13(8-12(11)2)16-15(18)9-17(23(3,19)20)14-6-7-24(21,22)10-14/h4-5,8,14H,6-7,9-10H2,1-3H3,(H,16,18). The predicted molar refractivity (Wildman–Crippen MR) is 93.2 cm³/mol. The number of rotatable bonds is 5. The van der Waals surface area contributed by atoms with E-state index in [1.807, 2.05) is 19.9 Å². The molecule has 0 bridgehead atoms. The smallest absolute Gasteiger partial charge is 0.239 e. The average molecular weight is 374 g/mol. The van der Waals surface area contributed by atoms with Crippen LogP contribution in [0.3, 0.4) is 0 Å². The molecule has 1 atom stereocenters. The van der Waals surface area contributed by atoms with Gasteiger partial charge in [0.1, 0.15) is 0 Å². The summed E-state index contributed by atoms with van der Waals surface area (Å²) < 4.78 is 48.1. The van der Waals surface area contributed by atoms with Gasteiger partial charge < -0.3 is 5.32 Å². The number of aryl methyl sites for hydroxylation is 2. The van der Waals surface area contributed by atoms with Gasteiger partial charge in [-0.05, 0) is 43.5 Å². The summed E-state index contributed by atoms with van der Waals surface area (Å²) in [5.41, 5.74) is 2.67. The summed E-state index contributed by atoms with van der Waals surface area (Å²) >= 11 is 0. The van der Waals surface area contributed by atoms with Crippen LogP contribution in [0.15, 0.2) is 18.2 Å². The molecule has 0 aromatic heterocycles. The zero-order chi connectivity index (χ0) is 18.1. The van der Waals surface area contributed by atoms with Crippen molar-refractivity contribution in [1.82, 2.24) is 4.31 Å². The van der Waals surface area contributed by atoms with Gasteiger partial charge in [0.05, 0.1) is 24.3 Å². The zero-order valence-corrected chi connectivity index (χ0v) is 15.6. The molecule has 1 saturated heterocycles. The Morgan fingerprint density at radius 3 is 2.46 bits per heavy atom. The summed E-state index contributed by atoms with van der Waals surface area (Å²) in [7, 11) is -6.94. The first-order valence-electron chi connectivity index (χ1n) is 7.52. The molecule has 1 fully saturated rings. The van der Waals surface area contributed by atoms with Crippen molar-refractivity contribution in [2.75, 3.05) is 29.6 Å². The minimum Gasteiger partial charge on any atom is -0.325 e. The van der Waals surface area contributed by atoms with E-state index >= 15 is 0 Å². The minimum absolute atomic E-state index is 0.0531. The number of hydrogen-bond donors (Lipinski definition) is 1. The van der Waals surface area contributed by atoms with Gasteiger partial charge >= 0.3 is 0 Å². The molecule has 1 amide bonds. The summed E-state index contributed by atoms with van der Waals surface area (Å²) in [5, 5.41) is 2.66. The molecule has 1 aliphatic heterocycles. The van der Waals surface area contributed by atoms with Gasteiger partial charge in [-0.15, -0.1) is 0 Å². The van der Waals surface area contributed by atoms with Crippen molar-refractivity contribution in [2.24, 2.45) is 0 Å². The molecule has 134 valence electrons.